The number of nitrogens with two attached hydrogens (primary N) is 2. The zero-order valence-corrected chi connectivity index (χ0v) is 4.89. The Hall–Kier alpha value is -1.38. The fourth-order valence-electron chi connectivity index (χ4n) is 0.677. The van der Waals surface area contributed by atoms with Gasteiger partial charge in [0, 0.05) is 11.4 Å². The maximum Gasteiger partial charge on any atom is 0.257 e. The van der Waals surface area contributed by atoms with E-state index in [1.807, 2.05) is 0 Å². The van der Waals surface area contributed by atoms with Gasteiger partial charge in [0.05, 0.1) is 12.1 Å². The molecular formula is C6H9N2O+. The van der Waals surface area contributed by atoms with Crippen LogP contribution in [0.4, 0.5) is 11.4 Å². The van der Waals surface area contributed by atoms with E-state index in [9.17, 15) is 0 Å². The molecule has 0 fully saturated rings. The maximum absolute atomic E-state index is 7.12. The second kappa shape index (κ2) is 1.85. The van der Waals surface area contributed by atoms with Crippen LogP contribution in [0.3, 0.4) is 0 Å². The lowest BCUT2D eigenvalue weighted by Crippen LogP contribution is -1.88. The molecule has 0 aromatic heterocycles. The van der Waals surface area contributed by atoms with Crippen LogP contribution in [0.1, 0.15) is 0 Å². The predicted molar refractivity (Wildman–Crippen MR) is 38.3 cm³/mol. The van der Waals surface area contributed by atoms with E-state index in [0.29, 0.717) is 17.1 Å². The van der Waals surface area contributed by atoms with E-state index in [1.54, 1.807) is 18.2 Å². The maximum atomic E-state index is 7.12. The average Bonchev–Trinajstić information content (AvgIpc) is 1.59. The molecule has 0 bridgehead atoms. The summed E-state index contributed by atoms with van der Waals surface area (Å²) < 4.78 is 0. The monoisotopic (exact) mass is 125 g/mol. The summed E-state index contributed by atoms with van der Waals surface area (Å²) in [7, 11) is 0. The second-order valence-corrected chi connectivity index (χ2v) is 1.89. The van der Waals surface area contributed by atoms with Gasteiger partial charge in [-0.05, 0) is 6.07 Å². The van der Waals surface area contributed by atoms with Crippen LogP contribution < -0.4 is 11.5 Å². The Balaban J connectivity index is 3.17. The number of hydrogen-bond donors (Lipinski definition) is 2. The van der Waals surface area contributed by atoms with Crippen molar-refractivity contribution in [2.45, 2.75) is 0 Å². The van der Waals surface area contributed by atoms with Gasteiger partial charge in [-0.2, -0.15) is 0 Å². The van der Waals surface area contributed by atoms with Crippen LogP contribution in [0.15, 0.2) is 18.2 Å². The van der Waals surface area contributed by atoms with Crippen LogP contribution in [0.25, 0.3) is 0 Å². The molecule has 0 aliphatic heterocycles. The van der Waals surface area contributed by atoms with Crippen molar-refractivity contribution in [1.29, 1.82) is 0 Å². The molecule has 1 rings (SSSR count). The van der Waals surface area contributed by atoms with E-state index in [1.165, 1.54) is 0 Å². The van der Waals surface area contributed by atoms with E-state index in [2.05, 4.69) is 0 Å². The minimum absolute atomic E-state index is 0.354. The summed E-state index contributed by atoms with van der Waals surface area (Å²) in [5.74, 6) is 0.354. The van der Waals surface area contributed by atoms with Gasteiger partial charge in [0.2, 0.25) is 0 Å². The third kappa shape index (κ3) is 1.25. The Morgan fingerprint density at radius 2 is 1.44 bits per heavy atom. The van der Waals surface area contributed by atoms with Crippen molar-refractivity contribution in [3.8, 4) is 5.75 Å². The molecule has 0 amide bonds. The molecule has 6 N–H and O–H groups in total. The summed E-state index contributed by atoms with van der Waals surface area (Å²) in [4.78, 5) is 0. The van der Waals surface area contributed by atoms with Crippen LogP contribution in [-0.2, 0) is 0 Å². The van der Waals surface area contributed by atoms with E-state index >= 15 is 0 Å². The van der Waals surface area contributed by atoms with E-state index in [4.69, 9.17) is 16.6 Å². The smallest absolute Gasteiger partial charge is 0.257 e. The minimum Gasteiger partial charge on any atom is -0.593 e. The van der Waals surface area contributed by atoms with Gasteiger partial charge < -0.3 is 16.6 Å². The predicted octanol–water partition coefficient (Wildman–Crippen LogP) is 0.289. The summed E-state index contributed by atoms with van der Waals surface area (Å²) >= 11 is 0. The van der Waals surface area contributed by atoms with Crippen molar-refractivity contribution in [2.75, 3.05) is 11.5 Å². The van der Waals surface area contributed by atoms with Crippen LogP contribution >= 0.6 is 0 Å². The average molecular weight is 125 g/mol. The summed E-state index contributed by atoms with van der Waals surface area (Å²) in [6.07, 6.45) is 0. The number of anilines is 2. The van der Waals surface area contributed by atoms with Crippen molar-refractivity contribution in [3.05, 3.63) is 18.2 Å². The lowest BCUT2D eigenvalue weighted by molar-refractivity contribution is 0.476. The van der Waals surface area contributed by atoms with Crippen molar-refractivity contribution >= 4 is 11.4 Å². The highest BCUT2D eigenvalue weighted by Crippen LogP contribution is 2.17. The quantitative estimate of drug-likeness (QED) is 0.386. The molecule has 1 aromatic carbocycles. The standard InChI is InChI=1S/C6H8N2O/c7-4-1-5(8)3-6(9)2-4/h1-3,9H,7-8H2/p+1. The Morgan fingerprint density at radius 1 is 1.00 bits per heavy atom. The van der Waals surface area contributed by atoms with Crippen molar-refractivity contribution in [2.24, 2.45) is 0 Å². The normalized spacial score (nSPS) is 9.33. The summed E-state index contributed by atoms with van der Waals surface area (Å²) in [5, 5.41) is 7.12. The number of hydrogen-bond acceptors (Lipinski definition) is 2. The third-order valence-electron chi connectivity index (χ3n) is 0.978. The van der Waals surface area contributed by atoms with Gasteiger partial charge in [0.15, 0.2) is 0 Å². The SMILES string of the molecule is Nc1cc(N)cc([OH2+])c1. The number of rotatable bonds is 0. The first kappa shape index (κ1) is 5.75. The fraction of sp³-hybridized carbons (Fsp3) is 0. The van der Waals surface area contributed by atoms with E-state index < -0.39 is 0 Å². The fourth-order valence-corrected chi connectivity index (χ4v) is 0.677. The highest BCUT2D eigenvalue weighted by molar-refractivity contribution is 5.56. The van der Waals surface area contributed by atoms with Crippen LogP contribution in [-0.4, -0.2) is 5.11 Å². The minimum atomic E-state index is 0.354. The van der Waals surface area contributed by atoms with E-state index in [-0.39, 0.29) is 0 Å². The molecular weight excluding hydrogens is 116 g/mol. The third-order valence-corrected chi connectivity index (χ3v) is 0.978. The van der Waals surface area contributed by atoms with Gasteiger partial charge in [-0.1, -0.05) is 0 Å². The first-order valence-corrected chi connectivity index (χ1v) is 2.56. The van der Waals surface area contributed by atoms with Gasteiger partial charge in [-0.25, -0.2) is 0 Å². The second-order valence-electron chi connectivity index (χ2n) is 1.89. The molecule has 0 aliphatic rings. The molecule has 0 saturated carbocycles. The lowest BCUT2D eigenvalue weighted by atomic mass is 10.3. The molecule has 0 aliphatic carbocycles. The molecule has 3 nitrogen and oxygen atoms in total. The molecule has 0 saturated heterocycles. The zero-order chi connectivity index (χ0) is 6.85. The van der Waals surface area contributed by atoms with Gasteiger partial charge in [0.25, 0.3) is 5.75 Å². The molecule has 1 aromatic rings. The van der Waals surface area contributed by atoms with Crippen LogP contribution in [0, 0.1) is 0 Å². The molecule has 0 radical (unpaired) electrons. The van der Waals surface area contributed by atoms with Crippen molar-refractivity contribution < 1.29 is 5.11 Å². The molecule has 0 unspecified atom stereocenters. The molecule has 0 spiro atoms. The van der Waals surface area contributed by atoms with Crippen molar-refractivity contribution in [1.82, 2.24) is 0 Å². The Kier molecular flexibility index (Phi) is 1.18. The largest absolute Gasteiger partial charge is 0.593 e. The Labute approximate surface area is 52.9 Å². The molecule has 3 heteroatoms. The first-order valence-electron chi connectivity index (χ1n) is 2.56. The van der Waals surface area contributed by atoms with Crippen molar-refractivity contribution in [3.63, 3.8) is 0 Å². The molecule has 48 valence electrons. The molecule has 0 heterocycles. The lowest BCUT2D eigenvalue weighted by Gasteiger charge is -1.93. The first-order chi connectivity index (χ1) is 4.18. The Morgan fingerprint density at radius 3 is 1.78 bits per heavy atom. The van der Waals surface area contributed by atoms with Crippen LogP contribution in [0.5, 0.6) is 5.75 Å². The zero-order valence-electron chi connectivity index (χ0n) is 4.89. The van der Waals surface area contributed by atoms with Gasteiger partial charge >= 0.3 is 0 Å². The van der Waals surface area contributed by atoms with Gasteiger partial charge in [-0.3, -0.25) is 0 Å². The summed E-state index contributed by atoms with van der Waals surface area (Å²) in [6.45, 7) is 0. The highest BCUT2D eigenvalue weighted by Gasteiger charge is 1.94. The van der Waals surface area contributed by atoms with Gasteiger partial charge in [0.1, 0.15) is 0 Å². The number of benzene rings is 1. The number of nitrogen functional groups attached to an aromatic ring is 2. The van der Waals surface area contributed by atoms with E-state index in [0.717, 1.165) is 0 Å². The van der Waals surface area contributed by atoms with Gasteiger partial charge in [-0.15, -0.1) is 0 Å². The molecule has 9 heavy (non-hydrogen) atoms. The summed E-state index contributed by atoms with van der Waals surface area (Å²) in [5.41, 5.74) is 11.8. The Bertz CT molecular complexity index is 172. The topological polar surface area (TPSA) is 74.9 Å². The van der Waals surface area contributed by atoms with Crippen LogP contribution in [0.2, 0.25) is 0 Å². The molecule has 0 atom stereocenters. The summed E-state index contributed by atoms with van der Waals surface area (Å²) in [6, 6.07) is 4.73. The highest BCUT2D eigenvalue weighted by atomic mass is 16.3.